The Labute approximate surface area is 69.0 Å². The first-order valence-corrected chi connectivity index (χ1v) is 4.35. The summed E-state index contributed by atoms with van der Waals surface area (Å²) in [6, 6.07) is 0. The smallest absolute Gasteiger partial charge is 0.276 e. The molecule has 0 fully saturated rings. The monoisotopic (exact) mass is 174 g/mol. The first-order valence-electron chi connectivity index (χ1n) is 3.36. The van der Waals surface area contributed by atoms with Gasteiger partial charge in [0.25, 0.3) is 5.22 Å². The highest BCUT2D eigenvalue weighted by molar-refractivity contribution is 7.99. The van der Waals surface area contributed by atoms with E-state index in [2.05, 4.69) is 10.2 Å². The SMILES string of the molecule is Cc1nnc(SCCCO)o1. The number of thioether (sulfide) groups is 1. The van der Waals surface area contributed by atoms with Crippen LogP contribution in [0.25, 0.3) is 0 Å². The first kappa shape index (κ1) is 8.55. The zero-order valence-electron chi connectivity index (χ0n) is 6.28. The van der Waals surface area contributed by atoms with Crippen LogP contribution in [0, 0.1) is 6.92 Å². The highest BCUT2D eigenvalue weighted by Gasteiger charge is 2.00. The van der Waals surface area contributed by atoms with Crippen molar-refractivity contribution in [1.82, 2.24) is 10.2 Å². The van der Waals surface area contributed by atoms with E-state index in [1.807, 2.05) is 0 Å². The predicted molar refractivity (Wildman–Crippen MR) is 41.5 cm³/mol. The lowest BCUT2D eigenvalue weighted by Gasteiger charge is -1.90. The Hall–Kier alpha value is -0.550. The summed E-state index contributed by atoms with van der Waals surface area (Å²) in [5, 5.41) is 16.5. The average Bonchev–Trinajstić information content (AvgIpc) is 2.37. The van der Waals surface area contributed by atoms with Crippen LogP contribution in [0.5, 0.6) is 0 Å². The highest BCUT2D eigenvalue weighted by atomic mass is 32.2. The average molecular weight is 174 g/mol. The van der Waals surface area contributed by atoms with E-state index in [0.717, 1.165) is 12.2 Å². The molecule has 0 saturated heterocycles. The van der Waals surface area contributed by atoms with Gasteiger partial charge in [-0.1, -0.05) is 11.8 Å². The van der Waals surface area contributed by atoms with Crippen molar-refractivity contribution >= 4 is 11.8 Å². The number of nitrogens with zero attached hydrogens (tertiary/aromatic N) is 2. The normalized spacial score (nSPS) is 10.4. The summed E-state index contributed by atoms with van der Waals surface area (Å²) >= 11 is 1.47. The number of aliphatic hydroxyl groups excluding tert-OH is 1. The van der Waals surface area contributed by atoms with Crippen molar-refractivity contribution < 1.29 is 9.52 Å². The maximum atomic E-state index is 8.47. The molecule has 4 nitrogen and oxygen atoms in total. The van der Waals surface area contributed by atoms with Crippen molar-refractivity contribution in [2.45, 2.75) is 18.6 Å². The molecule has 0 aliphatic rings. The standard InChI is InChI=1S/C6H10N2O2S/c1-5-7-8-6(10-5)11-4-2-3-9/h9H,2-4H2,1H3. The zero-order valence-corrected chi connectivity index (χ0v) is 7.10. The minimum atomic E-state index is 0.208. The number of hydrogen-bond donors (Lipinski definition) is 1. The topological polar surface area (TPSA) is 59.2 Å². The summed E-state index contributed by atoms with van der Waals surface area (Å²) in [5.74, 6) is 1.40. The van der Waals surface area contributed by atoms with E-state index in [4.69, 9.17) is 9.52 Å². The van der Waals surface area contributed by atoms with E-state index in [1.54, 1.807) is 6.92 Å². The molecule has 0 aromatic carbocycles. The fourth-order valence-corrected chi connectivity index (χ4v) is 1.29. The Morgan fingerprint density at radius 1 is 1.55 bits per heavy atom. The van der Waals surface area contributed by atoms with Crippen molar-refractivity contribution in [3.05, 3.63) is 5.89 Å². The third kappa shape index (κ3) is 2.90. The van der Waals surface area contributed by atoms with E-state index < -0.39 is 0 Å². The molecule has 1 rings (SSSR count). The van der Waals surface area contributed by atoms with Gasteiger partial charge in [-0.3, -0.25) is 0 Å². The van der Waals surface area contributed by atoms with Gasteiger partial charge in [-0.05, 0) is 6.42 Å². The summed E-state index contributed by atoms with van der Waals surface area (Å²) in [7, 11) is 0. The number of rotatable bonds is 4. The van der Waals surface area contributed by atoms with Gasteiger partial charge in [0.1, 0.15) is 0 Å². The molecule has 11 heavy (non-hydrogen) atoms. The maximum Gasteiger partial charge on any atom is 0.276 e. The molecule has 1 N–H and O–H groups in total. The van der Waals surface area contributed by atoms with Gasteiger partial charge in [-0.25, -0.2) is 0 Å². The molecule has 1 aromatic rings. The minimum absolute atomic E-state index is 0.208. The van der Waals surface area contributed by atoms with E-state index in [9.17, 15) is 0 Å². The van der Waals surface area contributed by atoms with Crippen LogP contribution in [-0.4, -0.2) is 27.7 Å². The number of aryl methyl sites for hydroxylation is 1. The van der Waals surface area contributed by atoms with Gasteiger partial charge in [0.15, 0.2) is 0 Å². The molecule has 0 saturated carbocycles. The van der Waals surface area contributed by atoms with Crippen LogP contribution in [0.15, 0.2) is 9.64 Å². The van der Waals surface area contributed by atoms with E-state index in [0.29, 0.717) is 11.1 Å². The lowest BCUT2D eigenvalue weighted by Crippen LogP contribution is -1.85. The Morgan fingerprint density at radius 2 is 2.36 bits per heavy atom. The van der Waals surface area contributed by atoms with Crippen LogP contribution in [0.4, 0.5) is 0 Å². The summed E-state index contributed by atoms with van der Waals surface area (Å²) in [4.78, 5) is 0. The molecule has 0 amide bonds. The van der Waals surface area contributed by atoms with Gasteiger partial charge >= 0.3 is 0 Å². The molecular weight excluding hydrogens is 164 g/mol. The summed E-state index contributed by atoms with van der Waals surface area (Å²) in [6.45, 7) is 1.96. The second kappa shape index (κ2) is 4.35. The van der Waals surface area contributed by atoms with Gasteiger partial charge in [0, 0.05) is 19.3 Å². The Balaban J connectivity index is 2.27. The maximum absolute atomic E-state index is 8.47. The van der Waals surface area contributed by atoms with Crippen LogP contribution in [0.1, 0.15) is 12.3 Å². The highest BCUT2D eigenvalue weighted by Crippen LogP contribution is 2.15. The van der Waals surface area contributed by atoms with Crippen molar-refractivity contribution in [2.24, 2.45) is 0 Å². The van der Waals surface area contributed by atoms with Crippen LogP contribution < -0.4 is 0 Å². The van der Waals surface area contributed by atoms with Crippen LogP contribution in [-0.2, 0) is 0 Å². The quantitative estimate of drug-likeness (QED) is 0.541. The van der Waals surface area contributed by atoms with E-state index in [-0.39, 0.29) is 6.61 Å². The molecule has 0 aliphatic carbocycles. The molecule has 0 atom stereocenters. The lowest BCUT2D eigenvalue weighted by atomic mass is 10.5. The van der Waals surface area contributed by atoms with Crippen molar-refractivity contribution in [3.8, 4) is 0 Å². The van der Waals surface area contributed by atoms with E-state index in [1.165, 1.54) is 11.8 Å². The molecular formula is C6H10N2O2S. The predicted octanol–water partition coefficient (Wildman–Crippen LogP) is 0.853. The molecule has 0 bridgehead atoms. The molecule has 0 spiro atoms. The summed E-state index contributed by atoms with van der Waals surface area (Å²) in [5.41, 5.74) is 0. The van der Waals surface area contributed by atoms with Crippen molar-refractivity contribution in [2.75, 3.05) is 12.4 Å². The number of aromatic nitrogens is 2. The molecule has 1 heterocycles. The lowest BCUT2D eigenvalue weighted by molar-refractivity contribution is 0.296. The Bertz CT molecular complexity index is 214. The second-order valence-corrected chi connectivity index (χ2v) is 3.06. The molecule has 0 radical (unpaired) electrons. The molecule has 1 aromatic heterocycles. The molecule has 0 aliphatic heterocycles. The van der Waals surface area contributed by atoms with Gasteiger partial charge in [-0.15, -0.1) is 10.2 Å². The number of hydrogen-bond acceptors (Lipinski definition) is 5. The van der Waals surface area contributed by atoms with Crippen molar-refractivity contribution in [3.63, 3.8) is 0 Å². The number of aliphatic hydroxyl groups is 1. The van der Waals surface area contributed by atoms with Gasteiger partial charge in [0.05, 0.1) is 0 Å². The van der Waals surface area contributed by atoms with E-state index >= 15 is 0 Å². The summed E-state index contributed by atoms with van der Waals surface area (Å²) in [6.07, 6.45) is 0.756. The van der Waals surface area contributed by atoms with Crippen LogP contribution >= 0.6 is 11.8 Å². The fraction of sp³-hybridized carbons (Fsp3) is 0.667. The summed E-state index contributed by atoms with van der Waals surface area (Å²) < 4.78 is 5.09. The molecule has 62 valence electrons. The zero-order chi connectivity index (χ0) is 8.10. The van der Waals surface area contributed by atoms with Gasteiger partial charge < -0.3 is 9.52 Å². The molecule has 0 unspecified atom stereocenters. The Morgan fingerprint density at radius 3 is 2.91 bits per heavy atom. The van der Waals surface area contributed by atoms with Crippen LogP contribution in [0.2, 0.25) is 0 Å². The van der Waals surface area contributed by atoms with Gasteiger partial charge in [-0.2, -0.15) is 0 Å². The van der Waals surface area contributed by atoms with Crippen molar-refractivity contribution in [1.29, 1.82) is 0 Å². The third-order valence-corrected chi connectivity index (χ3v) is 1.94. The Kier molecular flexibility index (Phi) is 3.38. The first-order chi connectivity index (χ1) is 5.33. The minimum Gasteiger partial charge on any atom is -0.416 e. The largest absolute Gasteiger partial charge is 0.416 e. The van der Waals surface area contributed by atoms with Gasteiger partial charge in [0.2, 0.25) is 5.89 Å². The second-order valence-electron chi connectivity index (χ2n) is 2.01. The fourth-order valence-electron chi connectivity index (χ4n) is 0.561. The molecule has 5 heteroatoms. The van der Waals surface area contributed by atoms with Crippen LogP contribution in [0.3, 0.4) is 0 Å². The third-order valence-electron chi connectivity index (χ3n) is 1.04.